The van der Waals surface area contributed by atoms with E-state index >= 15 is 0 Å². The molecule has 1 amide bonds. The number of fused-ring (bicyclic) bond motifs is 1. The van der Waals surface area contributed by atoms with E-state index in [9.17, 15) is 9.90 Å². The maximum atomic E-state index is 12.8. The van der Waals surface area contributed by atoms with Gasteiger partial charge in [0.1, 0.15) is 0 Å². The quantitative estimate of drug-likeness (QED) is 0.846. The lowest BCUT2D eigenvalue weighted by Crippen LogP contribution is -2.49. The van der Waals surface area contributed by atoms with Gasteiger partial charge in [-0.25, -0.2) is 0 Å². The van der Waals surface area contributed by atoms with Crippen LogP contribution in [-0.2, 0) is 4.74 Å². The summed E-state index contributed by atoms with van der Waals surface area (Å²) in [6.45, 7) is 3.19. The number of aliphatic hydroxyl groups excluding tert-OH is 1. The highest BCUT2D eigenvalue weighted by molar-refractivity contribution is 7.71. The number of amides is 1. The number of aromatic amines is 1. The highest BCUT2D eigenvalue weighted by Gasteiger charge is 2.29. The summed E-state index contributed by atoms with van der Waals surface area (Å²) in [5.74, 6) is -0.0850. The number of nitrogens with one attached hydrogen (secondary N) is 1. The van der Waals surface area contributed by atoms with Crippen molar-refractivity contribution < 1.29 is 19.1 Å². The molecule has 22 heavy (non-hydrogen) atoms. The second kappa shape index (κ2) is 6.20. The molecule has 2 atom stereocenters. The van der Waals surface area contributed by atoms with Gasteiger partial charge in [0, 0.05) is 12.1 Å². The zero-order valence-corrected chi connectivity index (χ0v) is 13.1. The first-order valence-corrected chi connectivity index (χ1v) is 7.65. The van der Waals surface area contributed by atoms with Crippen LogP contribution in [0.5, 0.6) is 0 Å². The maximum Gasteiger partial charge on any atom is 0.266 e. The third kappa shape index (κ3) is 3.06. The van der Waals surface area contributed by atoms with Gasteiger partial charge in [0.05, 0.1) is 30.9 Å². The average molecular weight is 322 g/mol. The van der Waals surface area contributed by atoms with E-state index in [0.29, 0.717) is 37.3 Å². The number of carbonyl (C=O) groups is 1. The molecule has 0 bridgehead atoms. The summed E-state index contributed by atoms with van der Waals surface area (Å²) in [5, 5.41) is 9.59. The fourth-order valence-electron chi connectivity index (χ4n) is 2.76. The Morgan fingerprint density at radius 1 is 1.59 bits per heavy atom. The third-order valence-corrected chi connectivity index (χ3v) is 3.95. The smallest absolute Gasteiger partial charge is 0.266 e. The number of aliphatic hydroxyl groups is 1. The van der Waals surface area contributed by atoms with Gasteiger partial charge in [0.25, 0.3) is 10.7 Å². The fraction of sp³-hybridized carbons (Fsp3) is 0.467. The van der Waals surface area contributed by atoms with E-state index in [2.05, 4.69) is 4.98 Å². The molecule has 0 saturated carbocycles. The molecule has 0 aliphatic carbocycles. The van der Waals surface area contributed by atoms with Crippen molar-refractivity contribution >= 4 is 29.2 Å². The first-order chi connectivity index (χ1) is 10.5. The molecule has 1 aliphatic heterocycles. The van der Waals surface area contributed by atoms with Gasteiger partial charge in [0.15, 0.2) is 5.58 Å². The predicted molar refractivity (Wildman–Crippen MR) is 83.3 cm³/mol. The van der Waals surface area contributed by atoms with Crippen molar-refractivity contribution in [3.8, 4) is 0 Å². The Morgan fingerprint density at radius 2 is 2.41 bits per heavy atom. The SMILES string of the molecule is C[C@H](O)C[C@@H]1COCCN1C(=O)c1ccc2[nH]c(=S)oc2c1. The van der Waals surface area contributed by atoms with Crippen LogP contribution in [0.2, 0.25) is 0 Å². The van der Waals surface area contributed by atoms with Gasteiger partial charge >= 0.3 is 0 Å². The number of aromatic nitrogens is 1. The molecule has 2 heterocycles. The summed E-state index contributed by atoms with van der Waals surface area (Å²) in [4.78, 5) is 17.7. The van der Waals surface area contributed by atoms with Crippen molar-refractivity contribution in [2.75, 3.05) is 19.8 Å². The van der Waals surface area contributed by atoms with Gasteiger partial charge in [-0.15, -0.1) is 0 Å². The molecule has 6 nitrogen and oxygen atoms in total. The van der Waals surface area contributed by atoms with Crippen molar-refractivity contribution in [3.05, 3.63) is 28.6 Å². The molecule has 1 fully saturated rings. The number of hydrogen-bond acceptors (Lipinski definition) is 5. The summed E-state index contributed by atoms with van der Waals surface area (Å²) in [7, 11) is 0. The lowest BCUT2D eigenvalue weighted by atomic mass is 10.1. The molecule has 0 spiro atoms. The van der Waals surface area contributed by atoms with Crippen LogP contribution in [0.15, 0.2) is 22.6 Å². The van der Waals surface area contributed by atoms with Crippen LogP contribution in [-0.4, -0.2) is 52.8 Å². The van der Waals surface area contributed by atoms with E-state index in [1.807, 2.05) is 0 Å². The normalized spacial score (nSPS) is 20.3. The second-order valence-electron chi connectivity index (χ2n) is 5.54. The zero-order chi connectivity index (χ0) is 15.7. The first kappa shape index (κ1) is 15.2. The van der Waals surface area contributed by atoms with E-state index in [-0.39, 0.29) is 16.8 Å². The molecule has 118 valence electrons. The Labute approximate surface area is 132 Å². The van der Waals surface area contributed by atoms with E-state index in [4.69, 9.17) is 21.4 Å². The van der Waals surface area contributed by atoms with Crippen molar-refractivity contribution in [1.82, 2.24) is 9.88 Å². The number of rotatable bonds is 3. The molecule has 1 saturated heterocycles. The number of oxazole rings is 1. The molecule has 7 heteroatoms. The first-order valence-electron chi connectivity index (χ1n) is 7.24. The second-order valence-corrected chi connectivity index (χ2v) is 5.91. The number of carbonyl (C=O) groups excluding carboxylic acids is 1. The summed E-state index contributed by atoms with van der Waals surface area (Å²) in [5.41, 5.74) is 1.88. The third-order valence-electron chi connectivity index (χ3n) is 3.77. The van der Waals surface area contributed by atoms with E-state index in [1.165, 1.54) is 0 Å². The number of ether oxygens (including phenoxy) is 1. The lowest BCUT2D eigenvalue weighted by Gasteiger charge is -2.36. The highest BCUT2D eigenvalue weighted by Crippen LogP contribution is 2.20. The van der Waals surface area contributed by atoms with Crippen LogP contribution < -0.4 is 0 Å². The summed E-state index contributed by atoms with van der Waals surface area (Å²) >= 11 is 4.95. The van der Waals surface area contributed by atoms with E-state index in [0.717, 1.165) is 5.52 Å². The molecule has 1 aliphatic rings. The van der Waals surface area contributed by atoms with Crippen molar-refractivity contribution in [3.63, 3.8) is 0 Å². The Balaban J connectivity index is 1.87. The van der Waals surface area contributed by atoms with Crippen LogP contribution in [0.25, 0.3) is 11.1 Å². The minimum atomic E-state index is -0.480. The molecular weight excluding hydrogens is 304 g/mol. The molecule has 2 N–H and O–H groups in total. The summed E-state index contributed by atoms with van der Waals surface area (Å²) in [6.07, 6.45) is 0.0191. The standard InChI is InChI=1S/C15H18N2O4S/c1-9(18)6-11-8-20-5-4-17(11)14(19)10-2-3-12-13(7-10)21-15(22)16-12/h2-3,7,9,11,18H,4-6,8H2,1H3,(H,16,22)/t9-,11+/m0/s1. The van der Waals surface area contributed by atoms with E-state index in [1.54, 1.807) is 30.0 Å². The number of H-pyrrole nitrogens is 1. The Kier molecular flexibility index (Phi) is 4.28. The van der Waals surface area contributed by atoms with Crippen LogP contribution >= 0.6 is 12.2 Å². The number of hydrogen-bond donors (Lipinski definition) is 2. The average Bonchev–Trinajstić information content (AvgIpc) is 2.85. The van der Waals surface area contributed by atoms with Crippen LogP contribution in [0, 0.1) is 4.84 Å². The number of benzene rings is 1. The van der Waals surface area contributed by atoms with Gasteiger partial charge in [-0.3, -0.25) is 4.79 Å². The molecule has 1 aromatic heterocycles. The van der Waals surface area contributed by atoms with Crippen molar-refractivity contribution in [2.45, 2.75) is 25.5 Å². The maximum absolute atomic E-state index is 12.8. The minimum Gasteiger partial charge on any atom is -0.429 e. The molecular formula is C15H18N2O4S. The Hall–Kier alpha value is -1.70. The molecule has 3 rings (SSSR count). The Morgan fingerprint density at radius 3 is 3.18 bits per heavy atom. The fourth-order valence-corrected chi connectivity index (χ4v) is 2.96. The van der Waals surface area contributed by atoms with Gasteiger partial charge in [0.2, 0.25) is 0 Å². The molecule has 1 aromatic carbocycles. The summed E-state index contributed by atoms with van der Waals surface area (Å²) < 4.78 is 10.8. The number of nitrogens with zero attached hydrogens (tertiary/aromatic N) is 1. The largest absolute Gasteiger partial charge is 0.429 e. The highest BCUT2D eigenvalue weighted by atomic mass is 32.1. The van der Waals surface area contributed by atoms with Gasteiger partial charge in [-0.2, -0.15) is 0 Å². The van der Waals surface area contributed by atoms with Crippen LogP contribution in [0.4, 0.5) is 0 Å². The van der Waals surface area contributed by atoms with Crippen molar-refractivity contribution in [2.24, 2.45) is 0 Å². The monoisotopic (exact) mass is 322 g/mol. The summed E-state index contributed by atoms with van der Waals surface area (Å²) in [6, 6.07) is 5.11. The zero-order valence-electron chi connectivity index (χ0n) is 12.2. The van der Waals surface area contributed by atoms with Crippen LogP contribution in [0.3, 0.4) is 0 Å². The minimum absolute atomic E-state index is 0.0850. The topological polar surface area (TPSA) is 78.7 Å². The van der Waals surface area contributed by atoms with Gasteiger partial charge < -0.3 is 24.1 Å². The van der Waals surface area contributed by atoms with Crippen LogP contribution in [0.1, 0.15) is 23.7 Å². The predicted octanol–water partition coefficient (Wildman–Crippen LogP) is 2.10. The van der Waals surface area contributed by atoms with Gasteiger partial charge in [-0.1, -0.05) is 0 Å². The van der Waals surface area contributed by atoms with E-state index < -0.39 is 6.10 Å². The Bertz CT molecular complexity index is 736. The van der Waals surface area contributed by atoms with Crippen molar-refractivity contribution in [1.29, 1.82) is 0 Å². The molecule has 2 aromatic rings. The lowest BCUT2D eigenvalue weighted by molar-refractivity contribution is -0.0152. The molecule has 0 unspecified atom stereocenters. The van der Waals surface area contributed by atoms with Gasteiger partial charge in [-0.05, 0) is 43.8 Å². The number of morpholine rings is 1. The molecule has 0 radical (unpaired) electrons.